The van der Waals surface area contributed by atoms with Gasteiger partial charge in [-0.05, 0) is 54.5 Å². The number of aryl methyl sites for hydroxylation is 1. The van der Waals surface area contributed by atoms with E-state index in [1.165, 1.54) is 0 Å². The summed E-state index contributed by atoms with van der Waals surface area (Å²) >= 11 is 2.29. The highest BCUT2D eigenvalue weighted by Gasteiger charge is 2.48. The normalized spacial score (nSPS) is 23.5. The van der Waals surface area contributed by atoms with Crippen LogP contribution >= 0.6 is 22.6 Å². The van der Waals surface area contributed by atoms with Crippen LogP contribution in [-0.2, 0) is 11.3 Å². The SMILES string of the molecule is Cc1nc(N2CCC3(CC2)CO[C@@H](I)[C@H]3N)c(CO)nc1-c1ccc2[nH]ncc2c1. The van der Waals surface area contributed by atoms with Crippen molar-refractivity contribution in [3.63, 3.8) is 0 Å². The maximum Gasteiger partial charge on any atom is 0.153 e. The van der Waals surface area contributed by atoms with Crippen LogP contribution < -0.4 is 10.6 Å². The van der Waals surface area contributed by atoms with E-state index in [1.807, 2.05) is 25.1 Å². The summed E-state index contributed by atoms with van der Waals surface area (Å²) in [6.07, 6.45) is 3.71. The quantitative estimate of drug-likeness (QED) is 0.360. The van der Waals surface area contributed by atoms with E-state index in [1.54, 1.807) is 6.20 Å². The van der Waals surface area contributed by atoms with Gasteiger partial charge in [0.1, 0.15) is 9.80 Å². The van der Waals surface area contributed by atoms with Gasteiger partial charge in [0.25, 0.3) is 0 Å². The number of fused-ring (bicyclic) bond motifs is 1. The fourth-order valence-electron chi connectivity index (χ4n) is 4.63. The Morgan fingerprint density at radius 2 is 2.13 bits per heavy atom. The Morgan fingerprint density at radius 1 is 1.33 bits per heavy atom. The van der Waals surface area contributed by atoms with Crippen LogP contribution in [0, 0.1) is 12.3 Å². The van der Waals surface area contributed by atoms with Crippen LogP contribution in [-0.4, -0.2) is 55.1 Å². The van der Waals surface area contributed by atoms with Crippen LogP contribution in [0.5, 0.6) is 0 Å². The summed E-state index contributed by atoms with van der Waals surface area (Å²) in [6.45, 7) is 4.22. The van der Waals surface area contributed by atoms with E-state index in [4.69, 9.17) is 20.4 Å². The number of nitrogens with zero attached hydrogens (tertiary/aromatic N) is 4. The van der Waals surface area contributed by atoms with Crippen molar-refractivity contribution in [2.75, 3.05) is 24.6 Å². The van der Waals surface area contributed by atoms with E-state index < -0.39 is 0 Å². The maximum atomic E-state index is 10.0. The van der Waals surface area contributed by atoms with Gasteiger partial charge in [-0.2, -0.15) is 5.10 Å². The van der Waals surface area contributed by atoms with Gasteiger partial charge in [0.2, 0.25) is 0 Å². The second-order valence-electron chi connectivity index (χ2n) is 8.30. The predicted octanol–water partition coefficient (Wildman–Crippen LogP) is 2.53. The molecule has 0 aliphatic carbocycles. The van der Waals surface area contributed by atoms with E-state index in [9.17, 15) is 5.11 Å². The number of halogens is 1. The van der Waals surface area contributed by atoms with Gasteiger partial charge in [-0.1, -0.05) is 6.07 Å². The van der Waals surface area contributed by atoms with Gasteiger partial charge in [-0.3, -0.25) is 5.10 Å². The summed E-state index contributed by atoms with van der Waals surface area (Å²) in [7, 11) is 0. The van der Waals surface area contributed by atoms with Crippen LogP contribution in [0.4, 0.5) is 5.82 Å². The molecule has 5 rings (SSSR count). The molecule has 0 radical (unpaired) electrons. The first-order valence-corrected chi connectivity index (χ1v) is 11.4. The lowest BCUT2D eigenvalue weighted by Crippen LogP contribution is -2.50. The number of piperidine rings is 1. The average Bonchev–Trinajstić information content (AvgIpc) is 3.34. The van der Waals surface area contributed by atoms with Crippen molar-refractivity contribution in [3.8, 4) is 11.3 Å². The topological polar surface area (TPSA) is 113 Å². The predicted molar refractivity (Wildman–Crippen MR) is 123 cm³/mol. The minimum absolute atomic E-state index is 0.0458. The maximum absolute atomic E-state index is 10.0. The zero-order chi connectivity index (χ0) is 20.9. The number of alkyl halides is 1. The minimum atomic E-state index is -0.149. The molecule has 4 N–H and O–H groups in total. The third-order valence-corrected chi connectivity index (χ3v) is 7.70. The molecule has 0 unspecified atom stereocenters. The van der Waals surface area contributed by atoms with E-state index in [0.717, 1.165) is 66.2 Å². The number of rotatable bonds is 3. The van der Waals surface area contributed by atoms with E-state index in [0.29, 0.717) is 5.69 Å². The smallest absolute Gasteiger partial charge is 0.153 e. The summed E-state index contributed by atoms with van der Waals surface area (Å²) in [5, 5.41) is 18.1. The third-order valence-electron chi connectivity index (χ3n) is 6.56. The van der Waals surface area contributed by atoms with Gasteiger partial charge < -0.3 is 20.5 Å². The molecule has 2 fully saturated rings. The largest absolute Gasteiger partial charge is 0.390 e. The van der Waals surface area contributed by atoms with Crippen LogP contribution in [0.3, 0.4) is 0 Å². The fourth-order valence-corrected chi connectivity index (χ4v) is 5.57. The Hall–Kier alpha value is -1.82. The van der Waals surface area contributed by atoms with Crippen molar-refractivity contribution in [3.05, 3.63) is 35.8 Å². The number of aliphatic hydroxyl groups excluding tert-OH is 1. The number of H-pyrrole nitrogens is 1. The summed E-state index contributed by atoms with van der Waals surface area (Å²) in [5.41, 5.74) is 10.7. The van der Waals surface area contributed by atoms with Gasteiger partial charge in [0, 0.05) is 35.5 Å². The standard InChI is InChI=1S/C21H25IN6O2/c1-12-17(13-2-3-15-14(8-13)9-24-27-15)26-16(10-29)20(25-12)28-6-4-21(5-7-28)11-30-19(22)18(21)23/h2-3,8-9,18-19,29H,4-7,10-11,23H2,1H3,(H,24,27)/t18-,19-/m1/s1. The fraction of sp³-hybridized carbons (Fsp3) is 0.476. The van der Waals surface area contributed by atoms with Crippen molar-refractivity contribution in [1.29, 1.82) is 0 Å². The lowest BCUT2D eigenvalue weighted by Gasteiger charge is -2.41. The van der Waals surface area contributed by atoms with Crippen molar-refractivity contribution >= 4 is 39.3 Å². The molecule has 8 nitrogen and oxygen atoms in total. The molecule has 0 amide bonds. The molecular formula is C21H25IN6O2. The third kappa shape index (κ3) is 3.28. The van der Waals surface area contributed by atoms with Crippen LogP contribution in [0.2, 0.25) is 0 Å². The molecule has 158 valence electrons. The molecular weight excluding hydrogens is 495 g/mol. The van der Waals surface area contributed by atoms with E-state index in [-0.39, 0.29) is 22.2 Å². The molecule has 2 aromatic heterocycles. The molecule has 1 spiro atoms. The number of aromatic amines is 1. The Balaban J connectivity index is 1.43. The Kier molecular flexibility index (Phi) is 5.16. The first-order chi connectivity index (χ1) is 14.5. The molecule has 2 atom stereocenters. The van der Waals surface area contributed by atoms with Crippen molar-refractivity contribution in [1.82, 2.24) is 20.2 Å². The summed E-state index contributed by atoms with van der Waals surface area (Å²) in [5.74, 6) is 0.775. The molecule has 0 bridgehead atoms. The van der Waals surface area contributed by atoms with Crippen molar-refractivity contribution in [2.24, 2.45) is 11.1 Å². The van der Waals surface area contributed by atoms with Gasteiger partial charge in [-0.15, -0.1) is 0 Å². The van der Waals surface area contributed by atoms with E-state index in [2.05, 4.69) is 37.7 Å². The molecule has 0 saturated carbocycles. The highest BCUT2D eigenvalue weighted by Crippen LogP contribution is 2.43. The highest BCUT2D eigenvalue weighted by molar-refractivity contribution is 14.1. The van der Waals surface area contributed by atoms with Crippen LogP contribution in [0.15, 0.2) is 24.4 Å². The van der Waals surface area contributed by atoms with Crippen molar-refractivity contribution in [2.45, 2.75) is 36.5 Å². The molecule has 3 aromatic rings. The molecule has 30 heavy (non-hydrogen) atoms. The zero-order valence-electron chi connectivity index (χ0n) is 16.8. The number of aromatic nitrogens is 4. The lowest BCUT2D eigenvalue weighted by atomic mass is 9.75. The Bertz CT molecular complexity index is 1080. The lowest BCUT2D eigenvalue weighted by molar-refractivity contribution is 0.127. The van der Waals surface area contributed by atoms with Gasteiger partial charge in [0.05, 0.1) is 36.3 Å². The first-order valence-electron chi connectivity index (χ1n) is 10.2. The van der Waals surface area contributed by atoms with Crippen LogP contribution in [0.25, 0.3) is 22.2 Å². The number of aliphatic hydroxyl groups is 1. The van der Waals surface area contributed by atoms with Gasteiger partial charge in [0.15, 0.2) is 5.82 Å². The Morgan fingerprint density at radius 3 is 2.83 bits per heavy atom. The molecule has 2 aliphatic rings. The average molecular weight is 520 g/mol. The van der Waals surface area contributed by atoms with Crippen molar-refractivity contribution < 1.29 is 9.84 Å². The number of hydrogen-bond donors (Lipinski definition) is 3. The number of nitrogens with one attached hydrogen (secondary N) is 1. The molecule has 1 aromatic carbocycles. The minimum Gasteiger partial charge on any atom is -0.390 e. The molecule has 2 aliphatic heterocycles. The van der Waals surface area contributed by atoms with Crippen LogP contribution in [0.1, 0.15) is 24.2 Å². The Labute approximate surface area is 188 Å². The number of benzene rings is 1. The number of anilines is 1. The number of hydrogen-bond acceptors (Lipinski definition) is 7. The highest BCUT2D eigenvalue weighted by atomic mass is 127. The summed E-state index contributed by atoms with van der Waals surface area (Å²) < 4.78 is 5.90. The molecule has 4 heterocycles. The summed E-state index contributed by atoms with van der Waals surface area (Å²) in [6, 6.07) is 6.10. The zero-order valence-corrected chi connectivity index (χ0v) is 19.0. The van der Waals surface area contributed by atoms with Gasteiger partial charge in [-0.25, -0.2) is 9.97 Å². The molecule has 9 heteroatoms. The summed E-state index contributed by atoms with van der Waals surface area (Å²) in [4.78, 5) is 11.9. The first kappa shape index (κ1) is 20.1. The second kappa shape index (κ2) is 7.70. The van der Waals surface area contributed by atoms with Gasteiger partial charge >= 0.3 is 0 Å². The second-order valence-corrected chi connectivity index (χ2v) is 9.52. The molecule has 2 saturated heterocycles. The van der Waals surface area contributed by atoms with E-state index >= 15 is 0 Å². The monoisotopic (exact) mass is 520 g/mol. The number of nitrogens with two attached hydrogens (primary N) is 1. The number of ether oxygens (including phenoxy) is 1.